The summed E-state index contributed by atoms with van der Waals surface area (Å²) in [6, 6.07) is 6.22. The molecule has 0 saturated heterocycles. The molecule has 0 spiro atoms. The molecule has 0 fully saturated rings. The average molecular weight is 370 g/mol. The van der Waals surface area contributed by atoms with E-state index in [0.717, 1.165) is 22.4 Å². The summed E-state index contributed by atoms with van der Waals surface area (Å²) in [6.45, 7) is 2.75. The average Bonchev–Trinajstić information content (AvgIpc) is 3.03. The molecular weight excluding hydrogens is 355 g/mol. The van der Waals surface area contributed by atoms with Gasteiger partial charge in [-0.25, -0.2) is 14.4 Å². The van der Waals surface area contributed by atoms with Crippen LogP contribution in [0.4, 0.5) is 10.1 Å². The number of thiophene rings is 1. The van der Waals surface area contributed by atoms with Crippen molar-refractivity contribution in [1.82, 2.24) is 14.5 Å². The van der Waals surface area contributed by atoms with E-state index in [1.54, 1.807) is 12.3 Å². The van der Waals surface area contributed by atoms with Crippen LogP contribution in [0.1, 0.15) is 6.92 Å². The van der Waals surface area contributed by atoms with Gasteiger partial charge in [0.15, 0.2) is 11.6 Å². The van der Waals surface area contributed by atoms with Crippen molar-refractivity contribution in [3.8, 4) is 11.4 Å². The zero-order valence-electron chi connectivity index (χ0n) is 14.1. The highest BCUT2D eigenvalue weighted by molar-refractivity contribution is 7.25. The number of rotatable bonds is 4. The first kappa shape index (κ1) is 16.5. The van der Waals surface area contributed by atoms with Gasteiger partial charge in [0.25, 0.3) is 5.56 Å². The zero-order chi connectivity index (χ0) is 18.3. The summed E-state index contributed by atoms with van der Waals surface area (Å²) in [7, 11) is 1.39. The van der Waals surface area contributed by atoms with E-state index in [9.17, 15) is 9.18 Å². The Kier molecular flexibility index (Phi) is 4.04. The molecule has 0 bridgehead atoms. The van der Waals surface area contributed by atoms with Crippen molar-refractivity contribution in [2.45, 2.75) is 6.92 Å². The standard InChI is InChI=1S/C18H15FN4O2S/c1-3-20-12-6-7-21-17-14(12)15-16(26-17)18(24)23(9-22-15)10-4-5-13(25-2)11(19)8-10/h4-9H,3H2,1-2H3,(H,20,21). The second kappa shape index (κ2) is 6.38. The first-order chi connectivity index (χ1) is 12.6. The Bertz CT molecular complexity index is 1190. The topological polar surface area (TPSA) is 69.0 Å². The highest BCUT2D eigenvalue weighted by Crippen LogP contribution is 2.34. The number of nitrogens with one attached hydrogen (secondary N) is 1. The largest absolute Gasteiger partial charge is 0.494 e. The lowest BCUT2D eigenvalue weighted by Gasteiger charge is -2.08. The smallest absolute Gasteiger partial charge is 0.275 e. The van der Waals surface area contributed by atoms with Crippen LogP contribution >= 0.6 is 11.3 Å². The minimum absolute atomic E-state index is 0.122. The Balaban J connectivity index is 1.96. The molecule has 4 aromatic rings. The summed E-state index contributed by atoms with van der Waals surface area (Å²) in [5, 5.41) is 4.10. The van der Waals surface area contributed by atoms with Gasteiger partial charge in [0.05, 0.1) is 23.7 Å². The summed E-state index contributed by atoms with van der Waals surface area (Å²) in [4.78, 5) is 22.5. The van der Waals surface area contributed by atoms with Gasteiger partial charge in [-0.2, -0.15) is 0 Å². The van der Waals surface area contributed by atoms with Crippen molar-refractivity contribution < 1.29 is 9.13 Å². The molecule has 26 heavy (non-hydrogen) atoms. The maximum absolute atomic E-state index is 14.0. The molecule has 4 rings (SSSR count). The molecule has 1 N–H and O–H groups in total. The van der Waals surface area contributed by atoms with Crippen molar-refractivity contribution in [2.75, 3.05) is 19.0 Å². The number of aromatic nitrogens is 3. The number of halogens is 1. The second-order valence-corrected chi connectivity index (χ2v) is 6.59. The quantitative estimate of drug-likeness (QED) is 0.595. The summed E-state index contributed by atoms with van der Waals surface area (Å²) in [6.07, 6.45) is 3.12. The van der Waals surface area contributed by atoms with Crippen molar-refractivity contribution in [3.63, 3.8) is 0 Å². The number of methoxy groups -OCH3 is 1. The van der Waals surface area contributed by atoms with Crippen LogP contribution in [0.25, 0.3) is 26.1 Å². The molecule has 3 aromatic heterocycles. The van der Waals surface area contributed by atoms with Crippen LogP contribution in [-0.4, -0.2) is 28.2 Å². The van der Waals surface area contributed by atoms with Gasteiger partial charge in [-0.3, -0.25) is 9.36 Å². The van der Waals surface area contributed by atoms with E-state index in [1.807, 2.05) is 13.0 Å². The molecular formula is C18H15FN4O2S. The van der Waals surface area contributed by atoms with Gasteiger partial charge in [0, 0.05) is 24.5 Å². The van der Waals surface area contributed by atoms with E-state index in [2.05, 4.69) is 15.3 Å². The molecule has 132 valence electrons. The van der Waals surface area contributed by atoms with Crippen molar-refractivity contribution in [2.24, 2.45) is 0 Å². The van der Waals surface area contributed by atoms with E-state index >= 15 is 0 Å². The molecule has 1 aromatic carbocycles. The van der Waals surface area contributed by atoms with E-state index in [4.69, 9.17) is 4.74 Å². The number of pyridine rings is 1. The summed E-state index contributed by atoms with van der Waals surface area (Å²) in [5.41, 5.74) is 1.62. The lowest BCUT2D eigenvalue weighted by molar-refractivity contribution is 0.386. The highest BCUT2D eigenvalue weighted by atomic mass is 32.1. The normalized spacial score (nSPS) is 11.2. The highest BCUT2D eigenvalue weighted by Gasteiger charge is 2.16. The maximum Gasteiger partial charge on any atom is 0.275 e. The molecule has 0 radical (unpaired) electrons. The Morgan fingerprint density at radius 2 is 2.15 bits per heavy atom. The fraction of sp³-hybridized carbons (Fsp3) is 0.167. The third kappa shape index (κ3) is 2.50. The van der Waals surface area contributed by atoms with Crippen LogP contribution < -0.4 is 15.6 Å². The molecule has 6 nitrogen and oxygen atoms in total. The lowest BCUT2D eigenvalue weighted by Crippen LogP contribution is -2.18. The predicted octanol–water partition coefficient (Wildman–Crippen LogP) is 3.57. The van der Waals surface area contributed by atoms with E-state index in [0.29, 0.717) is 15.9 Å². The number of anilines is 1. The summed E-state index contributed by atoms with van der Waals surface area (Å²) in [5.74, 6) is -0.415. The molecule has 0 aliphatic rings. The molecule has 0 aliphatic heterocycles. The fourth-order valence-electron chi connectivity index (χ4n) is 2.88. The zero-order valence-corrected chi connectivity index (χ0v) is 14.9. The Morgan fingerprint density at radius 1 is 1.31 bits per heavy atom. The Hall–Kier alpha value is -3.00. The Morgan fingerprint density at radius 3 is 2.88 bits per heavy atom. The van der Waals surface area contributed by atoms with Gasteiger partial charge in [-0.05, 0) is 25.1 Å². The number of benzene rings is 1. The predicted molar refractivity (Wildman–Crippen MR) is 101 cm³/mol. The molecule has 0 amide bonds. The molecule has 0 aliphatic carbocycles. The van der Waals surface area contributed by atoms with Gasteiger partial charge in [0.1, 0.15) is 15.9 Å². The molecule has 0 saturated carbocycles. The first-order valence-corrected chi connectivity index (χ1v) is 8.82. The molecule has 0 atom stereocenters. The molecule has 0 unspecified atom stereocenters. The van der Waals surface area contributed by atoms with Crippen LogP contribution in [0.3, 0.4) is 0 Å². The van der Waals surface area contributed by atoms with Crippen LogP contribution in [0.5, 0.6) is 5.75 Å². The number of nitrogens with zero attached hydrogens (tertiary/aromatic N) is 3. The lowest BCUT2D eigenvalue weighted by atomic mass is 10.2. The molecule has 8 heteroatoms. The van der Waals surface area contributed by atoms with Gasteiger partial charge < -0.3 is 10.1 Å². The molecule has 3 heterocycles. The maximum atomic E-state index is 14.0. The van der Waals surface area contributed by atoms with E-state index in [-0.39, 0.29) is 11.3 Å². The van der Waals surface area contributed by atoms with E-state index in [1.165, 1.54) is 41.5 Å². The van der Waals surface area contributed by atoms with Gasteiger partial charge in [-0.1, -0.05) is 0 Å². The minimum Gasteiger partial charge on any atom is -0.494 e. The number of hydrogen-bond donors (Lipinski definition) is 1. The van der Waals surface area contributed by atoms with Crippen LogP contribution in [-0.2, 0) is 0 Å². The third-order valence-corrected chi connectivity index (χ3v) is 5.14. The fourth-order valence-corrected chi connectivity index (χ4v) is 3.93. The van der Waals surface area contributed by atoms with Crippen LogP contribution in [0.15, 0.2) is 41.6 Å². The minimum atomic E-state index is -0.538. The summed E-state index contributed by atoms with van der Waals surface area (Å²) < 4.78 is 20.7. The number of ether oxygens (including phenoxy) is 1. The van der Waals surface area contributed by atoms with Crippen molar-refractivity contribution in [1.29, 1.82) is 0 Å². The monoisotopic (exact) mass is 370 g/mol. The number of hydrogen-bond acceptors (Lipinski definition) is 6. The van der Waals surface area contributed by atoms with Gasteiger partial charge in [-0.15, -0.1) is 11.3 Å². The third-order valence-electron chi connectivity index (χ3n) is 4.06. The SMILES string of the molecule is CCNc1ccnc2sc3c(=O)n(-c4ccc(OC)c(F)c4)cnc3c12. The first-order valence-electron chi connectivity index (χ1n) is 8.00. The van der Waals surface area contributed by atoms with Crippen molar-refractivity contribution >= 4 is 37.5 Å². The van der Waals surface area contributed by atoms with E-state index < -0.39 is 5.82 Å². The second-order valence-electron chi connectivity index (χ2n) is 5.59. The number of fused-ring (bicyclic) bond motifs is 3. The Labute approximate surface area is 151 Å². The van der Waals surface area contributed by atoms with Crippen LogP contribution in [0.2, 0.25) is 0 Å². The summed E-state index contributed by atoms with van der Waals surface area (Å²) >= 11 is 1.28. The van der Waals surface area contributed by atoms with Gasteiger partial charge in [0.2, 0.25) is 0 Å². The van der Waals surface area contributed by atoms with Gasteiger partial charge >= 0.3 is 0 Å². The van der Waals surface area contributed by atoms with Crippen LogP contribution in [0, 0.1) is 5.82 Å². The van der Waals surface area contributed by atoms with Crippen molar-refractivity contribution in [3.05, 3.63) is 53.0 Å².